The molecular formula is C37H48F4N2O2. The molecule has 1 N–H and O–H groups in total. The van der Waals surface area contributed by atoms with Crippen LogP contribution in [0.1, 0.15) is 93.3 Å². The molecule has 1 amide bonds. The highest BCUT2D eigenvalue weighted by Gasteiger charge is 2.30. The van der Waals surface area contributed by atoms with Gasteiger partial charge < -0.3 is 10.1 Å². The third kappa shape index (κ3) is 12.5. The fraction of sp³-hybridized carbons (Fsp3) is 0.486. The van der Waals surface area contributed by atoms with Crippen LogP contribution in [-0.4, -0.2) is 36.0 Å². The van der Waals surface area contributed by atoms with Gasteiger partial charge in [0.15, 0.2) is 11.6 Å². The number of nitrogens with one attached hydrogen (secondary N) is 1. The van der Waals surface area contributed by atoms with Crippen molar-refractivity contribution in [2.75, 3.05) is 13.1 Å². The zero-order valence-corrected chi connectivity index (χ0v) is 27.0. The maximum atomic E-state index is 14.6. The smallest absolute Gasteiger partial charge is 0.416 e. The number of amides is 1. The van der Waals surface area contributed by atoms with Gasteiger partial charge in [0.1, 0.15) is 0 Å². The molecule has 3 aromatic carbocycles. The van der Waals surface area contributed by atoms with Gasteiger partial charge in [-0.3, -0.25) is 9.69 Å². The molecule has 0 aromatic heterocycles. The minimum Gasteiger partial charge on any atom is -0.487 e. The Hall–Kier alpha value is -3.39. The number of hydrogen-bond donors (Lipinski definition) is 1. The first-order chi connectivity index (χ1) is 21.5. The molecule has 0 saturated carbocycles. The quantitative estimate of drug-likeness (QED) is 0.203. The van der Waals surface area contributed by atoms with Gasteiger partial charge in [-0.15, -0.1) is 0 Å². The fourth-order valence-corrected chi connectivity index (χ4v) is 5.47. The highest BCUT2D eigenvalue weighted by atomic mass is 19.4. The number of nitrogens with zero attached hydrogens (tertiary/aromatic N) is 1. The maximum Gasteiger partial charge on any atom is 0.416 e. The lowest BCUT2D eigenvalue weighted by Gasteiger charge is -2.32. The van der Waals surface area contributed by atoms with E-state index in [4.69, 9.17) is 4.74 Å². The molecule has 1 aliphatic rings. The topological polar surface area (TPSA) is 41.6 Å². The molecule has 45 heavy (non-hydrogen) atoms. The van der Waals surface area contributed by atoms with Gasteiger partial charge in [-0.25, -0.2) is 4.39 Å². The summed E-state index contributed by atoms with van der Waals surface area (Å²) in [4.78, 5) is 15.1. The Bertz CT molecular complexity index is 1280. The monoisotopic (exact) mass is 628 g/mol. The van der Waals surface area contributed by atoms with E-state index in [0.29, 0.717) is 11.5 Å². The van der Waals surface area contributed by atoms with Crippen LogP contribution in [0.25, 0.3) is 0 Å². The van der Waals surface area contributed by atoms with Crippen molar-refractivity contribution >= 4 is 5.91 Å². The third-order valence-electron chi connectivity index (χ3n) is 7.81. The number of carbonyl (C=O) groups excluding carboxylic acids is 1. The summed E-state index contributed by atoms with van der Waals surface area (Å²) in [6.45, 7) is 11.1. The first-order valence-corrected chi connectivity index (χ1v) is 16.2. The van der Waals surface area contributed by atoms with Crippen molar-refractivity contribution in [2.45, 2.75) is 97.5 Å². The minimum atomic E-state index is -4.23. The van der Waals surface area contributed by atoms with E-state index in [1.807, 2.05) is 19.9 Å². The molecule has 1 aliphatic heterocycles. The summed E-state index contributed by atoms with van der Waals surface area (Å²) in [5.74, 6) is 0.0116. The van der Waals surface area contributed by atoms with E-state index in [1.165, 1.54) is 11.6 Å². The molecule has 1 heterocycles. The van der Waals surface area contributed by atoms with Gasteiger partial charge in [0.05, 0.1) is 11.7 Å². The second-order valence-electron chi connectivity index (χ2n) is 12.3. The Morgan fingerprint density at radius 3 is 2.07 bits per heavy atom. The SMILES string of the molecule is CC(C)Cc1ccc(C(F)(F)F)cc1.CCCC(CCC)Oc1ccc(C(=O)NC2CCN(Cc3ccccc3)CC2)cc1F. The molecule has 0 unspecified atom stereocenters. The van der Waals surface area contributed by atoms with Gasteiger partial charge in [0.25, 0.3) is 5.91 Å². The summed E-state index contributed by atoms with van der Waals surface area (Å²) in [5, 5.41) is 3.07. The molecular weight excluding hydrogens is 580 g/mol. The molecule has 3 aromatic rings. The number of benzene rings is 3. The third-order valence-corrected chi connectivity index (χ3v) is 7.81. The number of halogens is 4. The maximum absolute atomic E-state index is 14.6. The van der Waals surface area contributed by atoms with Crippen molar-refractivity contribution in [1.82, 2.24) is 10.2 Å². The molecule has 4 rings (SSSR count). The van der Waals surface area contributed by atoms with Gasteiger partial charge in [-0.2, -0.15) is 13.2 Å². The Morgan fingerprint density at radius 1 is 0.911 bits per heavy atom. The number of hydrogen-bond acceptors (Lipinski definition) is 3. The molecule has 0 radical (unpaired) electrons. The molecule has 0 bridgehead atoms. The number of ether oxygens (including phenoxy) is 1. The standard InChI is InChI=1S/C26H35FN2O2.C11H13F3/c1-3-8-23(9-4-2)31-25-13-12-21(18-24(25)27)26(30)28-22-14-16-29(17-15-22)19-20-10-6-5-7-11-20;1-8(2)7-9-3-5-10(6-4-9)11(12,13)14/h5-7,10-13,18,22-23H,3-4,8-9,14-17,19H2,1-2H3,(H,28,30);3-6,8H,7H2,1-2H3. The molecule has 1 fully saturated rings. The first kappa shape index (κ1) is 36.1. The van der Waals surface area contributed by atoms with Crippen LogP contribution in [0.2, 0.25) is 0 Å². The minimum absolute atomic E-state index is 0.0187. The molecule has 1 saturated heterocycles. The van der Waals surface area contributed by atoms with Crippen molar-refractivity contribution in [3.05, 3.63) is 101 Å². The predicted octanol–water partition coefficient (Wildman–Crippen LogP) is 9.47. The van der Waals surface area contributed by atoms with Crippen LogP contribution >= 0.6 is 0 Å². The fourth-order valence-electron chi connectivity index (χ4n) is 5.47. The van der Waals surface area contributed by atoms with Crippen LogP contribution in [-0.2, 0) is 19.1 Å². The Labute approximate surface area is 266 Å². The average Bonchev–Trinajstić information content (AvgIpc) is 3.00. The van der Waals surface area contributed by atoms with Gasteiger partial charge >= 0.3 is 6.18 Å². The van der Waals surface area contributed by atoms with E-state index in [9.17, 15) is 22.4 Å². The zero-order chi connectivity index (χ0) is 32.8. The van der Waals surface area contributed by atoms with Crippen LogP contribution < -0.4 is 10.1 Å². The van der Waals surface area contributed by atoms with Crippen molar-refractivity contribution in [2.24, 2.45) is 5.92 Å². The van der Waals surface area contributed by atoms with E-state index in [-0.39, 0.29) is 23.8 Å². The molecule has 246 valence electrons. The Morgan fingerprint density at radius 2 is 1.53 bits per heavy atom. The van der Waals surface area contributed by atoms with Crippen molar-refractivity contribution < 1.29 is 27.1 Å². The van der Waals surface area contributed by atoms with Gasteiger partial charge in [-0.05, 0) is 79.5 Å². The molecule has 0 spiro atoms. The summed E-state index contributed by atoms with van der Waals surface area (Å²) in [6, 6.07) is 20.5. The predicted molar refractivity (Wildman–Crippen MR) is 173 cm³/mol. The van der Waals surface area contributed by atoms with Crippen molar-refractivity contribution in [3.63, 3.8) is 0 Å². The van der Waals surface area contributed by atoms with Gasteiger partial charge in [0.2, 0.25) is 0 Å². The molecule has 8 heteroatoms. The van der Waals surface area contributed by atoms with E-state index >= 15 is 0 Å². The number of alkyl halides is 3. The number of rotatable bonds is 12. The lowest BCUT2D eigenvalue weighted by Crippen LogP contribution is -2.44. The largest absolute Gasteiger partial charge is 0.487 e. The Kier molecular flexibility index (Phi) is 14.4. The van der Waals surface area contributed by atoms with E-state index in [0.717, 1.165) is 82.3 Å². The van der Waals surface area contributed by atoms with Crippen molar-refractivity contribution in [3.8, 4) is 5.75 Å². The van der Waals surface area contributed by atoms with Crippen LogP contribution in [0.4, 0.5) is 17.6 Å². The molecule has 0 atom stereocenters. The van der Waals surface area contributed by atoms with Crippen molar-refractivity contribution in [1.29, 1.82) is 0 Å². The van der Waals surface area contributed by atoms with E-state index in [1.54, 1.807) is 24.3 Å². The second kappa shape index (κ2) is 17.9. The van der Waals surface area contributed by atoms with Crippen LogP contribution in [0, 0.1) is 11.7 Å². The highest BCUT2D eigenvalue weighted by molar-refractivity contribution is 5.94. The lowest BCUT2D eigenvalue weighted by molar-refractivity contribution is -0.137. The number of likely N-dealkylation sites (tertiary alicyclic amines) is 1. The number of carbonyl (C=O) groups is 1. The highest BCUT2D eigenvalue weighted by Crippen LogP contribution is 2.29. The summed E-state index contributed by atoms with van der Waals surface area (Å²) in [7, 11) is 0. The molecule has 0 aliphatic carbocycles. The summed E-state index contributed by atoms with van der Waals surface area (Å²) >= 11 is 0. The van der Waals surface area contributed by atoms with Crippen LogP contribution in [0.3, 0.4) is 0 Å². The molecule has 4 nitrogen and oxygen atoms in total. The average molecular weight is 629 g/mol. The van der Waals surface area contributed by atoms with Gasteiger partial charge in [0, 0.05) is 31.2 Å². The van der Waals surface area contributed by atoms with Gasteiger partial charge in [-0.1, -0.05) is 83.0 Å². The summed E-state index contributed by atoms with van der Waals surface area (Å²) in [6.07, 6.45) is 2.21. The van der Waals surface area contributed by atoms with E-state index < -0.39 is 17.6 Å². The zero-order valence-electron chi connectivity index (χ0n) is 27.0. The first-order valence-electron chi connectivity index (χ1n) is 16.2. The van der Waals surface area contributed by atoms with E-state index in [2.05, 4.69) is 48.3 Å². The normalized spacial score (nSPS) is 14.3. The summed E-state index contributed by atoms with van der Waals surface area (Å²) in [5.41, 5.74) is 2.03. The Balaban J connectivity index is 0.000000330. The van der Waals surface area contributed by atoms with Crippen LogP contribution in [0.15, 0.2) is 72.8 Å². The number of piperidine rings is 1. The second-order valence-corrected chi connectivity index (χ2v) is 12.3. The lowest BCUT2D eigenvalue weighted by atomic mass is 10.0. The summed E-state index contributed by atoms with van der Waals surface area (Å²) < 4.78 is 57.0. The van der Waals surface area contributed by atoms with Crippen LogP contribution in [0.5, 0.6) is 5.75 Å².